The van der Waals surface area contributed by atoms with Crippen LogP contribution in [0.2, 0.25) is 0 Å². The maximum atomic E-state index is 12.3. The summed E-state index contributed by atoms with van der Waals surface area (Å²) in [6.45, 7) is 2.81. The molecule has 0 bridgehead atoms. The number of aromatic nitrogens is 3. The molecular formula is C21H19BrN4O2S. The first kappa shape index (κ1) is 19.6. The number of carbonyl (C=O) groups is 1. The van der Waals surface area contributed by atoms with E-state index in [9.17, 15) is 4.79 Å². The minimum atomic E-state index is -0.0838. The molecule has 4 aromatic rings. The Labute approximate surface area is 180 Å². The number of nitrogens with one attached hydrogen (secondary N) is 1. The molecule has 1 aromatic carbocycles. The van der Waals surface area contributed by atoms with Crippen molar-refractivity contribution in [3.8, 4) is 5.75 Å². The molecule has 0 spiro atoms. The predicted octanol–water partition coefficient (Wildman–Crippen LogP) is 4.30. The molecule has 0 aliphatic heterocycles. The van der Waals surface area contributed by atoms with Crippen LogP contribution in [0.25, 0.3) is 5.65 Å². The monoisotopic (exact) mass is 470 g/mol. The smallest absolute Gasteiger partial charge is 0.226 e. The molecule has 1 N–H and O–H groups in total. The van der Waals surface area contributed by atoms with Gasteiger partial charge in [-0.1, -0.05) is 17.7 Å². The van der Waals surface area contributed by atoms with Crippen molar-refractivity contribution in [3.05, 3.63) is 80.6 Å². The maximum absolute atomic E-state index is 12.3. The topological polar surface area (TPSA) is 68.5 Å². The summed E-state index contributed by atoms with van der Waals surface area (Å²) in [6.07, 6.45) is 4.08. The highest BCUT2D eigenvalue weighted by atomic mass is 79.9. The Morgan fingerprint density at radius 1 is 1.14 bits per heavy atom. The number of benzene rings is 1. The quantitative estimate of drug-likeness (QED) is 0.437. The molecule has 0 unspecified atom stereocenters. The van der Waals surface area contributed by atoms with Crippen molar-refractivity contribution >= 4 is 38.8 Å². The highest BCUT2D eigenvalue weighted by Gasteiger charge is 2.10. The maximum Gasteiger partial charge on any atom is 0.226 e. The Kier molecular flexibility index (Phi) is 5.92. The van der Waals surface area contributed by atoms with Gasteiger partial charge in [0.15, 0.2) is 0 Å². The first-order valence-electron chi connectivity index (χ1n) is 9.08. The SMILES string of the molecule is Cc1ccc(OCc2nc(CC(=O)NCc3cn4cc(Br)ccc4n3)cs2)cc1. The van der Waals surface area contributed by atoms with E-state index in [1.807, 2.05) is 65.5 Å². The van der Waals surface area contributed by atoms with Crippen LogP contribution in [0, 0.1) is 6.92 Å². The number of imidazole rings is 1. The van der Waals surface area contributed by atoms with Gasteiger partial charge in [0.25, 0.3) is 0 Å². The number of amides is 1. The van der Waals surface area contributed by atoms with Crippen LogP contribution in [0.5, 0.6) is 5.75 Å². The van der Waals surface area contributed by atoms with Crippen molar-refractivity contribution in [1.82, 2.24) is 19.7 Å². The number of ether oxygens (including phenoxy) is 1. The van der Waals surface area contributed by atoms with Crippen molar-refractivity contribution in [2.45, 2.75) is 26.5 Å². The molecule has 0 atom stereocenters. The second-order valence-corrected chi connectivity index (χ2v) is 8.49. The summed E-state index contributed by atoms with van der Waals surface area (Å²) in [6, 6.07) is 11.8. The Bertz CT molecular complexity index is 1140. The molecule has 8 heteroatoms. The number of fused-ring (bicyclic) bond motifs is 1. The van der Waals surface area contributed by atoms with Gasteiger partial charge in [-0.2, -0.15) is 0 Å². The molecule has 1 amide bonds. The summed E-state index contributed by atoms with van der Waals surface area (Å²) in [5.74, 6) is 0.726. The Hall–Kier alpha value is -2.71. The van der Waals surface area contributed by atoms with E-state index in [4.69, 9.17) is 4.74 Å². The number of halogens is 1. The number of carbonyl (C=O) groups excluding carboxylic acids is 1. The zero-order valence-corrected chi connectivity index (χ0v) is 18.2. The van der Waals surface area contributed by atoms with Crippen LogP contribution in [0.4, 0.5) is 0 Å². The van der Waals surface area contributed by atoms with Gasteiger partial charge in [-0.25, -0.2) is 9.97 Å². The minimum Gasteiger partial charge on any atom is -0.486 e. The molecular weight excluding hydrogens is 452 g/mol. The number of hydrogen-bond acceptors (Lipinski definition) is 5. The molecule has 0 saturated heterocycles. The second-order valence-electron chi connectivity index (χ2n) is 6.63. The van der Waals surface area contributed by atoms with E-state index in [0.717, 1.165) is 32.3 Å². The zero-order valence-electron chi connectivity index (χ0n) is 15.8. The fraction of sp³-hybridized carbons (Fsp3) is 0.190. The summed E-state index contributed by atoms with van der Waals surface area (Å²) in [4.78, 5) is 21.2. The average molecular weight is 471 g/mol. The fourth-order valence-corrected chi connectivity index (χ4v) is 3.85. The second kappa shape index (κ2) is 8.75. The highest BCUT2D eigenvalue weighted by molar-refractivity contribution is 9.10. The molecule has 4 rings (SSSR count). The molecule has 0 saturated carbocycles. The Balaban J connectivity index is 1.27. The molecule has 0 fully saturated rings. The van der Waals surface area contributed by atoms with Crippen molar-refractivity contribution in [3.63, 3.8) is 0 Å². The van der Waals surface area contributed by atoms with Crippen LogP contribution in [0.3, 0.4) is 0 Å². The van der Waals surface area contributed by atoms with E-state index in [-0.39, 0.29) is 12.3 Å². The van der Waals surface area contributed by atoms with E-state index in [1.54, 1.807) is 0 Å². The number of hydrogen-bond donors (Lipinski definition) is 1. The number of rotatable bonds is 7. The highest BCUT2D eigenvalue weighted by Crippen LogP contribution is 2.16. The molecule has 0 radical (unpaired) electrons. The summed E-state index contributed by atoms with van der Waals surface area (Å²) in [5.41, 5.74) is 3.59. The molecule has 148 valence electrons. The van der Waals surface area contributed by atoms with Gasteiger partial charge in [-0.15, -0.1) is 11.3 Å². The lowest BCUT2D eigenvalue weighted by Crippen LogP contribution is -2.24. The van der Waals surface area contributed by atoms with E-state index >= 15 is 0 Å². The lowest BCUT2D eigenvalue weighted by Gasteiger charge is -2.04. The largest absolute Gasteiger partial charge is 0.486 e. The van der Waals surface area contributed by atoms with Crippen LogP contribution >= 0.6 is 27.3 Å². The van der Waals surface area contributed by atoms with Crippen LogP contribution in [0.1, 0.15) is 22.0 Å². The Morgan fingerprint density at radius 2 is 1.97 bits per heavy atom. The first-order chi connectivity index (χ1) is 14.0. The summed E-state index contributed by atoms with van der Waals surface area (Å²) >= 11 is 4.93. The lowest BCUT2D eigenvalue weighted by molar-refractivity contribution is -0.120. The minimum absolute atomic E-state index is 0.0838. The number of nitrogens with zero attached hydrogens (tertiary/aromatic N) is 3. The van der Waals surface area contributed by atoms with E-state index in [2.05, 4.69) is 31.2 Å². The first-order valence-corrected chi connectivity index (χ1v) is 10.7. The summed E-state index contributed by atoms with van der Waals surface area (Å²) in [5, 5.41) is 5.65. The van der Waals surface area contributed by atoms with Gasteiger partial charge in [-0.3, -0.25) is 4.79 Å². The molecule has 6 nitrogen and oxygen atoms in total. The summed E-state index contributed by atoms with van der Waals surface area (Å²) < 4.78 is 8.64. The lowest BCUT2D eigenvalue weighted by atomic mass is 10.2. The van der Waals surface area contributed by atoms with Crippen LogP contribution in [-0.4, -0.2) is 20.3 Å². The number of thiazole rings is 1. The molecule has 29 heavy (non-hydrogen) atoms. The third-order valence-electron chi connectivity index (χ3n) is 4.26. The van der Waals surface area contributed by atoms with Gasteiger partial charge in [0.05, 0.1) is 24.4 Å². The zero-order chi connectivity index (χ0) is 20.2. The number of pyridine rings is 1. The number of aryl methyl sites for hydroxylation is 1. The van der Waals surface area contributed by atoms with Gasteiger partial charge >= 0.3 is 0 Å². The third kappa shape index (κ3) is 5.21. The Morgan fingerprint density at radius 3 is 2.79 bits per heavy atom. The average Bonchev–Trinajstić information content (AvgIpc) is 3.32. The standard InChI is InChI=1S/C21H19BrN4O2S/c1-14-2-5-18(6-3-14)28-12-21-25-16(13-29-21)8-20(27)23-9-17-11-26-10-15(22)4-7-19(26)24-17/h2-7,10-11,13H,8-9,12H2,1H3,(H,23,27). The fourth-order valence-electron chi connectivity index (χ4n) is 2.79. The third-order valence-corrected chi connectivity index (χ3v) is 5.60. The van der Waals surface area contributed by atoms with Crippen LogP contribution in [-0.2, 0) is 24.4 Å². The normalized spacial score (nSPS) is 11.0. The van der Waals surface area contributed by atoms with Crippen molar-refractivity contribution < 1.29 is 9.53 Å². The van der Waals surface area contributed by atoms with Crippen molar-refractivity contribution in [2.75, 3.05) is 0 Å². The van der Waals surface area contributed by atoms with Crippen LogP contribution < -0.4 is 10.1 Å². The van der Waals surface area contributed by atoms with Gasteiger partial charge in [-0.05, 0) is 47.1 Å². The molecule has 0 aliphatic rings. The van der Waals surface area contributed by atoms with Crippen LogP contribution in [0.15, 0.2) is 58.6 Å². The van der Waals surface area contributed by atoms with E-state index < -0.39 is 0 Å². The molecule has 3 aromatic heterocycles. The van der Waals surface area contributed by atoms with Crippen molar-refractivity contribution in [2.24, 2.45) is 0 Å². The van der Waals surface area contributed by atoms with Gasteiger partial charge < -0.3 is 14.5 Å². The van der Waals surface area contributed by atoms with Crippen molar-refractivity contribution in [1.29, 1.82) is 0 Å². The van der Waals surface area contributed by atoms with E-state index in [0.29, 0.717) is 13.2 Å². The van der Waals surface area contributed by atoms with E-state index in [1.165, 1.54) is 16.9 Å². The molecule has 3 heterocycles. The van der Waals surface area contributed by atoms with Gasteiger partial charge in [0.1, 0.15) is 23.0 Å². The van der Waals surface area contributed by atoms with Gasteiger partial charge in [0, 0.05) is 22.2 Å². The molecule has 0 aliphatic carbocycles. The predicted molar refractivity (Wildman–Crippen MR) is 116 cm³/mol. The summed E-state index contributed by atoms with van der Waals surface area (Å²) in [7, 11) is 0. The van der Waals surface area contributed by atoms with Gasteiger partial charge in [0.2, 0.25) is 5.91 Å².